The van der Waals surface area contributed by atoms with Gasteiger partial charge < -0.3 is 24.9 Å². The lowest BCUT2D eigenvalue weighted by atomic mass is 9.92. The molecule has 0 unspecified atom stereocenters. The first-order chi connectivity index (χ1) is 14.6. The lowest BCUT2D eigenvalue weighted by Crippen LogP contribution is -2.50. The summed E-state index contributed by atoms with van der Waals surface area (Å²) < 4.78 is 30.8. The number of hydrogen-bond acceptors (Lipinski definition) is 7. The molecule has 1 aliphatic carbocycles. The van der Waals surface area contributed by atoms with Gasteiger partial charge in [0.1, 0.15) is 21.7 Å². The average molecular weight is 452 g/mol. The van der Waals surface area contributed by atoms with Gasteiger partial charge in [0.05, 0.1) is 11.0 Å². The van der Waals surface area contributed by atoms with Crippen LogP contribution in [0.25, 0.3) is 11.0 Å². The number of benzene rings is 1. The normalized spacial score (nSPS) is 19.8. The van der Waals surface area contributed by atoms with E-state index in [-0.39, 0.29) is 5.54 Å². The molecule has 1 aliphatic heterocycles. The maximum atomic E-state index is 9.51. The SMILES string of the molecule is Cn1c(C2CCN(CC3(N)CCCC3)CC2)nc2ccccc21.O=C(O)CS(=O)(=O)[O-]. The fourth-order valence-corrected chi connectivity index (χ4v) is 5.01. The van der Waals surface area contributed by atoms with Gasteiger partial charge in [-0.15, -0.1) is 0 Å². The molecule has 31 heavy (non-hydrogen) atoms. The van der Waals surface area contributed by atoms with Crippen molar-refractivity contribution in [2.24, 2.45) is 12.8 Å². The topological polar surface area (TPSA) is 142 Å². The molecule has 10 heteroatoms. The van der Waals surface area contributed by atoms with Crippen molar-refractivity contribution in [3.63, 3.8) is 0 Å². The van der Waals surface area contributed by atoms with E-state index >= 15 is 0 Å². The van der Waals surface area contributed by atoms with Crippen LogP contribution in [0, 0.1) is 0 Å². The number of aliphatic carboxylic acids is 1. The molecule has 1 aromatic carbocycles. The van der Waals surface area contributed by atoms with Crippen molar-refractivity contribution >= 4 is 27.1 Å². The number of hydrogen-bond donors (Lipinski definition) is 2. The summed E-state index contributed by atoms with van der Waals surface area (Å²) in [6.45, 7) is 3.40. The zero-order valence-electron chi connectivity index (χ0n) is 17.9. The molecule has 2 heterocycles. The minimum Gasteiger partial charge on any atom is -0.748 e. The van der Waals surface area contributed by atoms with Crippen LogP contribution in [0.5, 0.6) is 0 Å². The van der Waals surface area contributed by atoms with Crippen molar-refractivity contribution in [1.29, 1.82) is 0 Å². The molecule has 4 rings (SSSR count). The van der Waals surface area contributed by atoms with Gasteiger partial charge in [-0.05, 0) is 50.9 Å². The number of rotatable bonds is 5. The van der Waals surface area contributed by atoms with Crippen LogP contribution in [0.15, 0.2) is 24.3 Å². The van der Waals surface area contributed by atoms with E-state index in [1.165, 1.54) is 49.9 Å². The summed E-state index contributed by atoms with van der Waals surface area (Å²) in [6.07, 6.45) is 7.44. The van der Waals surface area contributed by atoms with Crippen molar-refractivity contribution < 1.29 is 22.9 Å². The van der Waals surface area contributed by atoms with Crippen molar-refractivity contribution in [1.82, 2.24) is 14.5 Å². The van der Waals surface area contributed by atoms with Crippen LogP contribution in [0.4, 0.5) is 0 Å². The van der Waals surface area contributed by atoms with Gasteiger partial charge in [0, 0.05) is 25.0 Å². The zero-order valence-corrected chi connectivity index (χ0v) is 18.7. The number of carboxylic acids is 1. The van der Waals surface area contributed by atoms with Crippen LogP contribution >= 0.6 is 0 Å². The van der Waals surface area contributed by atoms with Crippen LogP contribution in [-0.2, 0) is 22.0 Å². The molecule has 3 N–H and O–H groups in total. The van der Waals surface area contributed by atoms with Gasteiger partial charge in [0.15, 0.2) is 0 Å². The van der Waals surface area contributed by atoms with E-state index in [1.807, 2.05) is 0 Å². The minimum atomic E-state index is -4.57. The van der Waals surface area contributed by atoms with E-state index in [2.05, 4.69) is 40.8 Å². The molecular weight excluding hydrogens is 420 g/mol. The maximum absolute atomic E-state index is 9.51. The zero-order chi connectivity index (χ0) is 22.6. The van der Waals surface area contributed by atoms with Crippen molar-refractivity contribution in [3.8, 4) is 0 Å². The number of aryl methyl sites for hydroxylation is 1. The molecule has 1 saturated heterocycles. The Morgan fingerprint density at radius 3 is 2.39 bits per heavy atom. The standard InChI is InChI=1S/C19H28N4.C2H4O5S/c1-22-17-7-3-2-6-16(17)21-18(22)15-8-12-23(13-9-15)14-19(20)10-4-5-11-19;3-2(4)1-8(5,6)7/h2-3,6-7,15H,4-5,8-14,20H2,1H3;1H2,(H,3,4)(H,5,6,7)/p-1. The Bertz CT molecular complexity index is 1010. The number of para-hydroxylation sites is 2. The summed E-state index contributed by atoms with van der Waals surface area (Å²) in [6, 6.07) is 8.45. The Kier molecular flexibility index (Phi) is 7.35. The number of nitrogens with zero attached hydrogens (tertiary/aromatic N) is 3. The second kappa shape index (κ2) is 9.64. The summed E-state index contributed by atoms with van der Waals surface area (Å²) >= 11 is 0. The highest BCUT2D eigenvalue weighted by Gasteiger charge is 2.33. The van der Waals surface area contributed by atoms with Gasteiger partial charge in [-0.2, -0.15) is 0 Å². The minimum absolute atomic E-state index is 0.0880. The molecule has 0 amide bonds. The first kappa shape index (κ1) is 23.6. The monoisotopic (exact) mass is 451 g/mol. The average Bonchev–Trinajstić information content (AvgIpc) is 3.25. The third-order valence-electron chi connectivity index (χ3n) is 6.21. The van der Waals surface area contributed by atoms with Crippen LogP contribution in [0.2, 0.25) is 0 Å². The van der Waals surface area contributed by atoms with Crippen molar-refractivity contribution in [2.45, 2.75) is 50.0 Å². The van der Waals surface area contributed by atoms with E-state index in [4.69, 9.17) is 15.8 Å². The molecule has 2 aromatic rings. The Balaban J connectivity index is 0.000000293. The Hall–Kier alpha value is -2.01. The van der Waals surface area contributed by atoms with Crippen LogP contribution in [0.1, 0.15) is 50.3 Å². The summed E-state index contributed by atoms with van der Waals surface area (Å²) in [5.74, 6) is -1.12. The largest absolute Gasteiger partial charge is 0.748 e. The third-order valence-corrected chi connectivity index (χ3v) is 6.81. The second-order valence-electron chi connectivity index (χ2n) is 8.73. The molecule has 1 aromatic heterocycles. The van der Waals surface area contributed by atoms with Gasteiger partial charge in [-0.3, -0.25) is 4.79 Å². The van der Waals surface area contributed by atoms with Gasteiger partial charge >= 0.3 is 5.97 Å². The van der Waals surface area contributed by atoms with E-state index in [1.54, 1.807) is 0 Å². The fraction of sp³-hybridized carbons (Fsp3) is 0.619. The lowest BCUT2D eigenvalue weighted by Gasteiger charge is -2.37. The predicted octanol–water partition coefficient (Wildman–Crippen LogP) is 1.64. The molecule has 9 nitrogen and oxygen atoms in total. The van der Waals surface area contributed by atoms with Crippen molar-refractivity contribution in [2.75, 3.05) is 25.4 Å². The van der Waals surface area contributed by atoms with E-state index in [9.17, 15) is 17.8 Å². The van der Waals surface area contributed by atoms with Crippen molar-refractivity contribution in [3.05, 3.63) is 30.1 Å². The fourth-order valence-electron chi connectivity index (χ4n) is 4.71. The van der Waals surface area contributed by atoms with Gasteiger partial charge in [0.25, 0.3) is 0 Å². The Morgan fingerprint density at radius 1 is 1.26 bits per heavy atom. The van der Waals surface area contributed by atoms with E-state index in [0.717, 1.165) is 25.2 Å². The maximum Gasteiger partial charge on any atom is 0.317 e. The van der Waals surface area contributed by atoms with Gasteiger partial charge in [-0.25, -0.2) is 13.4 Å². The smallest absolute Gasteiger partial charge is 0.317 e. The highest BCUT2D eigenvalue weighted by molar-refractivity contribution is 7.86. The van der Waals surface area contributed by atoms with E-state index in [0.29, 0.717) is 5.92 Å². The number of likely N-dealkylation sites (tertiary alicyclic amines) is 1. The number of piperidine rings is 1. The number of carbonyl (C=O) groups is 1. The molecule has 0 bridgehead atoms. The lowest BCUT2D eigenvalue weighted by molar-refractivity contribution is -0.134. The molecule has 2 aliphatic rings. The molecule has 2 fully saturated rings. The first-order valence-corrected chi connectivity index (χ1v) is 12.2. The quantitative estimate of drug-likeness (QED) is 0.654. The van der Waals surface area contributed by atoms with Gasteiger partial charge in [-0.1, -0.05) is 25.0 Å². The molecule has 0 atom stereocenters. The molecule has 1 saturated carbocycles. The van der Waals surface area contributed by atoms with Crippen LogP contribution in [-0.4, -0.2) is 69.4 Å². The summed E-state index contributed by atoms with van der Waals surface area (Å²) in [7, 11) is -2.42. The Morgan fingerprint density at radius 2 is 1.87 bits per heavy atom. The molecule has 172 valence electrons. The molecule has 0 spiro atoms. The second-order valence-corrected chi connectivity index (χ2v) is 10.1. The third kappa shape index (κ3) is 6.49. The number of aromatic nitrogens is 2. The Labute approximate surface area is 183 Å². The molecule has 0 radical (unpaired) electrons. The number of carboxylic acid groups (broad SMARTS) is 1. The van der Waals surface area contributed by atoms with E-state index < -0.39 is 21.8 Å². The number of imidazole rings is 1. The van der Waals surface area contributed by atoms with Crippen LogP contribution < -0.4 is 5.73 Å². The summed E-state index contributed by atoms with van der Waals surface area (Å²) in [4.78, 5) is 16.9. The predicted molar refractivity (Wildman–Crippen MR) is 117 cm³/mol. The highest BCUT2D eigenvalue weighted by Crippen LogP contribution is 2.32. The van der Waals surface area contributed by atoms with Gasteiger partial charge in [0.2, 0.25) is 0 Å². The summed E-state index contributed by atoms with van der Waals surface area (Å²) in [5.41, 5.74) is 9.01. The first-order valence-electron chi connectivity index (χ1n) is 10.6. The highest BCUT2D eigenvalue weighted by atomic mass is 32.2. The van der Waals surface area contributed by atoms with Crippen LogP contribution in [0.3, 0.4) is 0 Å². The molecular formula is C21H31N4O5S-. The number of fused-ring (bicyclic) bond motifs is 1. The summed E-state index contributed by atoms with van der Waals surface area (Å²) in [5, 5.41) is 7.67. The number of nitrogens with two attached hydrogens (primary N) is 1.